The van der Waals surface area contributed by atoms with Crippen molar-refractivity contribution in [2.45, 2.75) is 6.92 Å². The number of anilines is 1. The van der Waals surface area contributed by atoms with Crippen LogP contribution in [0.15, 0.2) is 97.2 Å². The second kappa shape index (κ2) is 8.40. The van der Waals surface area contributed by atoms with Crippen LogP contribution < -0.4 is 10.1 Å². The molecule has 4 heteroatoms. The first kappa shape index (κ1) is 18.4. The Balaban J connectivity index is 1.47. The van der Waals surface area contributed by atoms with Crippen LogP contribution in [-0.4, -0.2) is 10.9 Å². The number of carbonyl (C=O) groups is 1. The predicted octanol–water partition coefficient (Wildman–Crippen LogP) is 6.10. The molecule has 0 unspecified atom stereocenters. The third-order valence-electron chi connectivity index (χ3n) is 4.52. The van der Waals surface area contributed by atoms with E-state index in [4.69, 9.17) is 4.74 Å². The zero-order valence-electron chi connectivity index (χ0n) is 16.0. The van der Waals surface area contributed by atoms with Crippen LogP contribution in [0, 0.1) is 6.92 Å². The van der Waals surface area contributed by atoms with Crippen molar-refractivity contribution in [3.63, 3.8) is 0 Å². The predicted molar refractivity (Wildman–Crippen MR) is 115 cm³/mol. The van der Waals surface area contributed by atoms with Gasteiger partial charge in [-0.25, -0.2) is 0 Å². The number of hydrogen-bond acceptors (Lipinski definition) is 3. The molecule has 1 amide bonds. The fourth-order valence-electron chi connectivity index (χ4n) is 3.01. The average Bonchev–Trinajstić information content (AvgIpc) is 2.75. The topological polar surface area (TPSA) is 51.2 Å². The third kappa shape index (κ3) is 4.50. The normalized spacial score (nSPS) is 10.4. The fourth-order valence-corrected chi connectivity index (χ4v) is 3.01. The van der Waals surface area contributed by atoms with Gasteiger partial charge in [-0.1, -0.05) is 48.5 Å². The van der Waals surface area contributed by atoms with E-state index in [1.165, 1.54) is 0 Å². The second-order valence-electron chi connectivity index (χ2n) is 6.64. The summed E-state index contributed by atoms with van der Waals surface area (Å²) in [5.41, 5.74) is 4.21. The maximum atomic E-state index is 12.6. The molecule has 4 aromatic rings. The van der Waals surface area contributed by atoms with Crippen LogP contribution >= 0.6 is 0 Å². The largest absolute Gasteiger partial charge is 0.457 e. The van der Waals surface area contributed by atoms with E-state index in [-0.39, 0.29) is 5.91 Å². The summed E-state index contributed by atoms with van der Waals surface area (Å²) in [5, 5.41) is 2.90. The van der Waals surface area contributed by atoms with Crippen molar-refractivity contribution in [3.05, 3.63) is 108 Å². The fraction of sp³-hybridized carbons (Fsp3) is 0.0400. The summed E-state index contributed by atoms with van der Waals surface area (Å²) in [7, 11) is 0. The van der Waals surface area contributed by atoms with E-state index in [9.17, 15) is 4.79 Å². The Hall–Kier alpha value is -3.92. The number of carbonyl (C=O) groups excluding carboxylic acids is 1. The molecule has 142 valence electrons. The standard InChI is InChI=1S/C25H20N2O2/c1-18-8-5-6-13-23(18)24-15-14-19(17-26-24)25(28)27-20-9-7-12-22(16-20)29-21-10-3-2-4-11-21/h2-17H,1H3,(H,27,28). The number of hydrogen-bond donors (Lipinski definition) is 1. The number of nitrogens with zero attached hydrogens (tertiary/aromatic N) is 1. The summed E-state index contributed by atoms with van der Waals surface area (Å²) < 4.78 is 5.82. The molecule has 1 aromatic heterocycles. The van der Waals surface area contributed by atoms with Crippen molar-refractivity contribution >= 4 is 11.6 Å². The van der Waals surface area contributed by atoms with Crippen molar-refractivity contribution in [1.29, 1.82) is 0 Å². The van der Waals surface area contributed by atoms with Crippen LogP contribution in [0.3, 0.4) is 0 Å². The first-order chi connectivity index (χ1) is 14.2. The Labute approximate surface area is 169 Å². The van der Waals surface area contributed by atoms with Crippen LogP contribution in [0.1, 0.15) is 15.9 Å². The lowest BCUT2D eigenvalue weighted by molar-refractivity contribution is 0.102. The van der Waals surface area contributed by atoms with Gasteiger partial charge in [-0.2, -0.15) is 0 Å². The Morgan fingerprint density at radius 3 is 2.34 bits per heavy atom. The van der Waals surface area contributed by atoms with E-state index in [0.717, 1.165) is 22.6 Å². The zero-order valence-corrected chi connectivity index (χ0v) is 16.0. The summed E-state index contributed by atoms with van der Waals surface area (Å²) >= 11 is 0. The van der Waals surface area contributed by atoms with Crippen molar-refractivity contribution in [3.8, 4) is 22.8 Å². The maximum Gasteiger partial charge on any atom is 0.257 e. The molecule has 0 spiro atoms. The van der Waals surface area contributed by atoms with Crippen molar-refractivity contribution in [2.24, 2.45) is 0 Å². The molecule has 0 aliphatic rings. The van der Waals surface area contributed by atoms with E-state index >= 15 is 0 Å². The average molecular weight is 380 g/mol. The van der Waals surface area contributed by atoms with Gasteiger partial charge in [-0.3, -0.25) is 9.78 Å². The van der Waals surface area contributed by atoms with Crippen LogP contribution in [0.2, 0.25) is 0 Å². The number of benzene rings is 3. The number of amides is 1. The molecule has 1 heterocycles. The van der Waals surface area contributed by atoms with E-state index in [1.54, 1.807) is 18.3 Å². The summed E-state index contributed by atoms with van der Waals surface area (Å²) in [6, 6.07) is 28.5. The molecule has 4 rings (SSSR count). The number of ether oxygens (including phenoxy) is 1. The monoisotopic (exact) mass is 380 g/mol. The number of nitrogens with one attached hydrogen (secondary N) is 1. The number of pyridine rings is 1. The molecular weight excluding hydrogens is 360 g/mol. The first-order valence-corrected chi connectivity index (χ1v) is 9.35. The van der Waals surface area contributed by atoms with Gasteiger partial charge in [0.2, 0.25) is 0 Å². The van der Waals surface area contributed by atoms with Crippen molar-refractivity contribution in [2.75, 3.05) is 5.32 Å². The van der Waals surface area contributed by atoms with Crippen LogP contribution in [0.4, 0.5) is 5.69 Å². The number of rotatable bonds is 5. The number of aryl methyl sites for hydroxylation is 1. The maximum absolute atomic E-state index is 12.6. The Morgan fingerprint density at radius 2 is 1.59 bits per heavy atom. The van der Waals surface area contributed by atoms with E-state index in [0.29, 0.717) is 17.0 Å². The Bertz CT molecular complexity index is 1120. The Kier molecular flexibility index (Phi) is 5.34. The highest BCUT2D eigenvalue weighted by Crippen LogP contribution is 2.25. The minimum atomic E-state index is -0.217. The molecule has 4 nitrogen and oxygen atoms in total. The summed E-state index contributed by atoms with van der Waals surface area (Å²) in [6.07, 6.45) is 1.60. The van der Waals surface area contributed by atoms with Gasteiger partial charge in [0.1, 0.15) is 11.5 Å². The van der Waals surface area contributed by atoms with Gasteiger partial charge in [-0.05, 0) is 48.9 Å². The smallest absolute Gasteiger partial charge is 0.257 e. The van der Waals surface area contributed by atoms with Gasteiger partial charge in [0.25, 0.3) is 5.91 Å². The molecule has 0 aliphatic carbocycles. The lowest BCUT2D eigenvalue weighted by atomic mass is 10.0. The highest BCUT2D eigenvalue weighted by molar-refractivity contribution is 6.04. The zero-order chi connectivity index (χ0) is 20.1. The quantitative estimate of drug-likeness (QED) is 0.455. The van der Waals surface area contributed by atoms with Crippen LogP contribution in [0.25, 0.3) is 11.3 Å². The first-order valence-electron chi connectivity index (χ1n) is 9.35. The molecule has 0 fully saturated rings. The molecule has 1 N–H and O–H groups in total. The summed E-state index contributed by atoms with van der Waals surface area (Å²) in [5.74, 6) is 1.18. The van der Waals surface area contributed by atoms with Crippen molar-refractivity contribution in [1.82, 2.24) is 4.98 Å². The second-order valence-corrected chi connectivity index (χ2v) is 6.64. The molecule has 0 saturated carbocycles. The van der Waals surface area contributed by atoms with Gasteiger partial charge in [0.15, 0.2) is 0 Å². The van der Waals surface area contributed by atoms with Crippen LogP contribution in [-0.2, 0) is 0 Å². The summed E-state index contributed by atoms with van der Waals surface area (Å²) in [6.45, 7) is 2.04. The lowest BCUT2D eigenvalue weighted by Crippen LogP contribution is -2.12. The SMILES string of the molecule is Cc1ccccc1-c1ccc(C(=O)Nc2cccc(Oc3ccccc3)c2)cn1. The van der Waals surface area contributed by atoms with E-state index in [1.807, 2.05) is 85.8 Å². The molecule has 0 aliphatic heterocycles. The Morgan fingerprint density at radius 1 is 0.828 bits per heavy atom. The van der Waals surface area contributed by atoms with Gasteiger partial charge in [-0.15, -0.1) is 0 Å². The molecule has 3 aromatic carbocycles. The lowest BCUT2D eigenvalue weighted by Gasteiger charge is -2.09. The van der Waals surface area contributed by atoms with Crippen molar-refractivity contribution < 1.29 is 9.53 Å². The molecule has 0 radical (unpaired) electrons. The third-order valence-corrected chi connectivity index (χ3v) is 4.52. The highest BCUT2D eigenvalue weighted by Gasteiger charge is 2.09. The molecular formula is C25H20N2O2. The van der Waals surface area contributed by atoms with Gasteiger partial charge in [0, 0.05) is 23.5 Å². The highest BCUT2D eigenvalue weighted by atomic mass is 16.5. The van der Waals surface area contributed by atoms with Crippen LogP contribution in [0.5, 0.6) is 11.5 Å². The van der Waals surface area contributed by atoms with E-state index < -0.39 is 0 Å². The molecule has 0 atom stereocenters. The van der Waals surface area contributed by atoms with Gasteiger partial charge in [0.05, 0.1) is 11.3 Å². The number of aromatic nitrogens is 1. The molecule has 0 bridgehead atoms. The van der Waals surface area contributed by atoms with Gasteiger partial charge >= 0.3 is 0 Å². The summed E-state index contributed by atoms with van der Waals surface area (Å²) in [4.78, 5) is 17.1. The molecule has 29 heavy (non-hydrogen) atoms. The minimum absolute atomic E-state index is 0.217. The minimum Gasteiger partial charge on any atom is -0.457 e. The number of para-hydroxylation sites is 1. The van der Waals surface area contributed by atoms with Gasteiger partial charge < -0.3 is 10.1 Å². The molecule has 0 saturated heterocycles. The van der Waals surface area contributed by atoms with E-state index in [2.05, 4.69) is 10.3 Å².